The molecule has 1 spiro atoms. The van der Waals surface area contributed by atoms with Crippen molar-refractivity contribution in [2.75, 3.05) is 26.2 Å². The van der Waals surface area contributed by atoms with Crippen molar-refractivity contribution in [1.82, 2.24) is 24.8 Å². The van der Waals surface area contributed by atoms with E-state index in [1.165, 1.54) is 6.20 Å². The molecule has 140 valence electrons. The van der Waals surface area contributed by atoms with Crippen LogP contribution in [0.5, 0.6) is 0 Å². The predicted molar refractivity (Wildman–Crippen MR) is 98.7 cm³/mol. The van der Waals surface area contributed by atoms with Gasteiger partial charge in [-0.2, -0.15) is 0 Å². The zero-order valence-corrected chi connectivity index (χ0v) is 15.3. The number of hydrogen-bond acceptors (Lipinski definition) is 5. The molecule has 1 atom stereocenters. The summed E-state index contributed by atoms with van der Waals surface area (Å²) in [6.45, 7) is 2.90. The maximum atomic E-state index is 12.7. The molecular weight excluding hydrogens is 342 g/mol. The van der Waals surface area contributed by atoms with Crippen molar-refractivity contribution < 1.29 is 9.59 Å². The lowest BCUT2D eigenvalue weighted by molar-refractivity contribution is -0.133. The number of carbonyl (C=O) groups is 2. The van der Waals surface area contributed by atoms with Crippen LogP contribution in [0.25, 0.3) is 0 Å². The zero-order valence-electron chi connectivity index (χ0n) is 15.3. The third kappa shape index (κ3) is 3.82. The van der Waals surface area contributed by atoms with Crippen LogP contribution < -0.4 is 0 Å². The molecule has 2 saturated heterocycles. The Morgan fingerprint density at radius 1 is 1.00 bits per heavy atom. The quantitative estimate of drug-likeness (QED) is 0.825. The van der Waals surface area contributed by atoms with E-state index in [0.717, 1.165) is 37.9 Å². The molecule has 27 heavy (non-hydrogen) atoms. The first-order valence-corrected chi connectivity index (χ1v) is 9.37. The summed E-state index contributed by atoms with van der Waals surface area (Å²) >= 11 is 0. The highest BCUT2D eigenvalue weighted by Gasteiger charge is 2.44. The van der Waals surface area contributed by atoms with E-state index < -0.39 is 0 Å². The van der Waals surface area contributed by atoms with E-state index in [2.05, 4.69) is 15.0 Å². The Kier molecular flexibility index (Phi) is 4.83. The Morgan fingerprint density at radius 3 is 2.63 bits per heavy atom. The highest BCUT2D eigenvalue weighted by molar-refractivity contribution is 5.92. The summed E-state index contributed by atoms with van der Waals surface area (Å²) in [5.41, 5.74) is 1.32. The molecule has 0 aliphatic carbocycles. The van der Waals surface area contributed by atoms with Crippen molar-refractivity contribution in [2.45, 2.75) is 25.7 Å². The van der Waals surface area contributed by atoms with Gasteiger partial charge in [0, 0.05) is 56.4 Å². The fraction of sp³-hybridized carbons (Fsp3) is 0.450. The molecule has 4 heterocycles. The summed E-state index contributed by atoms with van der Waals surface area (Å²) < 4.78 is 0. The maximum Gasteiger partial charge on any atom is 0.274 e. The van der Waals surface area contributed by atoms with Gasteiger partial charge in [0.15, 0.2) is 0 Å². The van der Waals surface area contributed by atoms with Gasteiger partial charge in [0.2, 0.25) is 5.91 Å². The average molecular weight is 365 g/mol. The lowest BCUT2D eigenvalue weighted by Crippen LogP contribution is -2.48. The van der Waals surface area contributed by atoms with Crippen molar-refractivity contribution in [3.63, 3.8) is 0 Å². The van der Waals surface area contributed by atoms with Gasteiger partial charge in [0.1, 0.15) is 5.69 Å². The molecule has 2 aliphatic rings. The van der Waals surface area contributed by atoms with Crippen LogP contribution in [0.3, 0.4) is 0 Å². The Bertz CT molecular complexity index is 814. The van der Waals surface area contributed by atoms with Crippen LogP contribution in [0.4, 0.5) is 0 Å². The Balaban J connectivity index is 1.40. The molecule has 0 N–H and O–H groups in total. The monoisotopic (exact) mass is 365 g/mol. The van der Waals surface area contributed by atoms with Gasteiger partial charge in [0.05, 0.1) is 12.6 Å². The van der Waals surface area contributed by atoms with Crippen LogP contribution in [0.1, 0.15) is 35.3 Å². The number of nitrogens with zero attached hydrogens (tertiary/aromatic N) is 5. The van der Waals surface area contributed by atoms with Crippen LogP contribution in [-0.2, 0) is 11.2 Å². The maximum absolute atomic E-state index is 12.7. The van der Waals surface area contributed by atoms with Crippen LogP contribution in [-0.4, -0.2) is 62.7 Å². The largest absolute Gasteiger partial charge is 0.342 e. The molecule has 2 aromatic rings. The van der Waals surface area contributed by atoms with Gasteiger partial charge in [-0.25, -0.2) is 4.98 Å². The molecule has 2 fully saturated rings. The molecule has 0 radical (unpaired) electrons. The topological polar surface area (TPSA) is 79.3 Å². The third-order valence-electron chi connectivity index (χ3n) is 5.60. The second-order valence-electron chi connectivity index (χ2n) is 7.52. The molecule has 0 unspecified atom stereocenters. The zero-order chi connectivity index (χ0) is 18.7. The van der Waals surface area contributed by atoms with Gasteiger partial charge in [-0.1, -0.05) is 6.07 Å². The summed E-state index contributed by atoms with van der Waals surface area (Å²) in [7, 11) is 0. The SMILES string of the molecule is O=C(Cc1cccnc1)N1CCC[C@@]2(CCN(C(=O)c3cnccn3)C2)C1. The second kappa shape index (κ2) is 7.42. The van der Waals surface area contributed by atoms with Crippen molar-refractivity contribution >= 4 is 11.8 Å². The molecule has 7 heteroatoms. The number of pyridine rings is 1. The third-order valence-corrected chi connectivity index (χ3v) is 5.60. The molecule has 0 saturated carbocycles. The van der Waals surface area contributed by atoms with Gasteiger partial charge in [-0.05, 0) is 30.9 Å². The smallest absolute Gasteiger partial charge is 0.274 e. The first-order valence-electron chi connectivity index (χ1n) is 9.37. The normalized spacial score (nSPS) is 22.2. The van der Waals surface area contributed by atoms with E-state index in [1.54, 1.807) is 24.8 Å². The van der Waals surface area contributed by atoms with Gasteiger partial charge in [-0.15, -0.1) is 0 Å². The van der Waals surface area contributed by atoms with E-state index in [1.807, 2.05) is 21.9 Å². The Morgan fingerprint density at radius 2 is 1.85 bits per heavy atom. The first-order chi connectivity index (χ1) is 13.2. The summed E-state index contributed by atoms with van der Waals surface area (Å²) in [6.07, 6.45) is 11.4. The number of rotatable bonds is 3. The molecular formula is C20H23N5O2. The Hall–Kier alpha value is -2.83. The van der Waals surface area contributed by atoms with Gasteiger partial charge >= 0.3 is 0 Å². The average Bonchev–Trinajstić information content (AvgIpc) is 3.12. The van der Waals surface area contributed by atoms with E-state index in [-0.39, 0.29) is 17.2 Å². The fourth-order valence-corrected chi connectivity index (χ4v) is 4.22. The lowest BCUT2D eigenvalue weighted by Gasteiger charge is -2.40. The van der Waals surface area contributed by atoms with Gasteiger partial charge < -0.3 is 9.80 Å². The number of aromatic nitrogens is 3. The molecule has 2 aliphatic heterocycles. The highest BCUT2D eigenvalue weighted by Crippen LogP contribution is 2.39. The van der Waals surface area contributed by atoms with E-state index in [0.29, 0.717) is 25.2 Å². The minimum atomic E-state index is -0.0706. The molecule has 2 aromatic heterocycles. The molecule has 0 aromatic carbocycles. The van der Waals surface area contributed by atoms with Crippen LogP contribution >= 0.6 is 0 Å². The summed E-state index contributed by atoms with van der Waals surface area (Å²) in [5, 5.41) is 0. The van der Waals surface area contributed by atoms with Crippen LogP contribution in [0.15, 0.2) is 43.1 Å². The minimum Gasteiger partial charge on any atom is -0.342 e. The van der Waals surface area contributed by atoms with Crippen molar-refractivity contribution in [3.8, 4) is 0 Å². The number of likely N-dealkylation sites (tertiary alicyclic amines) is 2. The van der Waals surface area contributed by atoms with Crippen molar-refractivity contribution in [1.29, 1.82) is 0 Å². The molecule has 2 amide bonds. The van der Waals surface area contributed by atoms with E-state index in [4.69, 9.17) is 0 Å². The summed E-state index contributed by atoms with van der Waals surface area (Å²) in [6, 6.07) is 3.79. The summed E-state index contributed by atoms with van der Waals surface area (Å²) in [5.74, 6) is 0.0690. The fourth-order valence-electron chi connectivity index (χ4n) is 4.22. The van der Waals surface area contributed by atoms with Crippen molar-refractivity contribution in [3.05, 3.63) is 54.4 Å². The number of amides is 2. The first kappa shape index (κ1) is 17.6. The van der Waals surface area contributed by atoms with E-state index >= 15 is 0 Å². The van der Waals surface area contributed by atoms with Crippen LogP contribution in [0.2, 0.25) is 0 Å². The predicted octanol–water partition coefficient (Wildman–Crippen LogP) is 1.57. The van der Waals surface area contributed by atoms with E-state index in [9.17, 15) is 9.59 Å². The second-order valence-corrected chi connectivity index (χ2v) is 7.52. The molecule has 7 nitrogen and oxygen atoms in total. The van der Waals surface area contributed by atoms with Crippen LogP contribution in [0, 0.1) is 5.41 Å². The van der Waals surface area contributed by atoms with Gasteiger partial charge in [0.25, 0.3) is 5.91 Å². The Labute approximate surface area is 158 Å². The number of hydrogen-bond donors (Lipinski definition) is 0. The number of piperidine rings is 1. The van der Waals surface area contributed by atoms with Crippen molar-refractivity contribution in [2.24, 2.45) is 5.41 Å². The highest BCUT2D eigenvalue weighted by atomic mass is 16.2. The minimum absolute atomic E-state index is 0.000711. The molecule has 0 bridgehead atoms. The lowest BCUT2D eigenvalue weighted by atomic mass is 9.79. The number of carbonyl (C=O) groups excluding carboxylic acids is 2. The molecule has 4 rings (SSSR count). The summed E-state index contributed by atoms with van der Waals surface area (Å²) in [4.78, 5) is 41.4. The van der Waals surface area contributed by atoms with Gasteiger partial charge in [-0.3, -0.25) is 19.6 Å². The standard InChI is InChI=1S/C20H23N5O2/c26-18(11-16-3-1-6-21-12-16)24-9-2-4-20(14-24)5-10-25(15-20)19(27)17-13-22-7-8-23-17/h1,3,6-8,12-13H,2,4-5,9-11,14-15H2/t20-/m1/s1.